The van der Waals surface area contributed by atoms with Crippen LogP contribution in [-0.4, -0.2) is 12.9 Å². The molecule has 0 amide bonds. The van der Waals surface area contributed by atoms with E-state index in [9.17, 15) is 0 Å². The van der Waals surface area contributed by atoms with E-state index in [2.05, 4.69) is 36.9 Å². The number of hydrogen-bond donors (Lipinski definition) is 2. The number of anilines is 2. The van der Waals surface area contributed by atoms with Crippen molar-refractivity contribution in [3.05, 3.63) is 58.7 Å². The summed E-state index contributed by atoms with van der Waals surface area (Å²) in [5, 5.41) is 7.76. The molecular weight excluding hydrogens is 246 g/mol. The number of nitrogens with two attached hydrogens (primary N) is 1. The standard InChI is InChI=1S/C17H21N3/c1-11-5-6-16(15(10-11)17(18)19)20(4)14-8-12(2)7-13(3)9-14/h5-10H,1-4H3,(H3,18,19). The van der Waals surface area contributed by atoms with E-state index >= 15 is 0 Å². The normalized spacial score (nSPS) is 10.4. The third-order valence-electron chi connectivity index (χ3n) is 3.40. The number of aryl methyl sites for hydroxylation is 3. The molecule has 0 aromatic heterocycles. The Balaban J connectivity index is 2.52. The molecule has 0 aliphatic carbocycles. The number of hydrogen-bond acceptors (Lipinski definition) is 2. The number of benzene rings is 2. The van der Waals surface area contributed by atoms with E-state index in [0.717, 1.165) is 22.5 Å². The van der Waals surface area contributed by atoms with E-state index < -0.39 is 0 Å². The summed E-state index contributed by atoms with van der Waals surface area (Å²) >= 11 is 0. The number of nitrogen functional groups attached to an aromatic ring is 1. The van der Waals surface area contributed by atoms with Gasteiger partial charge in [0.25, 0.3) is 0 Å². The van der Waals surface area contributed by atoms with Crippen LogP contribution in [0.25, 0.3) is 0 Å². The van der Waals surface area contributed by atoms with E-state index in [1.165, 1.54) is 11.1 Å². The molecular formula is C17H21N3. The van der Waals surface area contributed by atoms with Crippen molar-refractivity contribution in [3.8, 4) is 0 Å². The van der Waals surface area contributed by atoms with Gasteiger partial charge >= 0.3 is 0 Å². The second kappa shape index (κ2) is 5.37. The van der Waals surface area contributed by atoms with Gasteiger partial charge in [-0.3, -0.25) is 5.41 Å². The molecule has 0 aliphatic heterocycles. The Morgan fingerprint density at radius 3 is 2.10 bits per heavy atom. The van der Waals surface area contributed by atoms with Crippen molar-refractivity contribution in [2.75, 3.05) is 11.9 Å². The van der Waals surface area contributed by atoms with Crippen LogP contribution in [0.1, 0.15) is 22.3 Å². The van der Waals surface area contributed by atoms with Crippen molar-refractivity contribution >= 4 is 17.2 Å². The summed E-state index contributed by atoms with van der Waals surface area (Å²) in [6, 6.07) is 12.4. The molecule has 104 valence electrons. The fraction of sp³-hybridized carbons (Fsp3) is 0.235. The number of nitrogens with one attached hydrogen (secondary N) is 1. The van der Waals surface area contributed by atoms with Gasteiger partial charge in [0, 0.05) is 18.3 Å². The molecule has 3 heteroatoms. The van der Waals surface area contributed by atoms with Crippen LogP contribution in [-0.2, 0) is 0 Å². The van der Waals surface area contributed by atoms with Gasteiger partial charge < -0.3 is 10.6 Å². The van der Waals surface area contributed by atoms with Gasteiger partial charge in [-0.1, -0.05) is 17.7 Å². The van der Waals surface area contributed by atoms with E-state index in [4.69, 9.17) is 11.1 Å². The number of rotatable bonds is 3. The molecule has 0 saturated carbocycles. The monoisotopic (exact) mass is 267 g/mol. The van der Waals surface area contributed by atoms with Crippen LogP contribution >= 0.6 is 0 Å². The predicted molar refractivity (Wildman–Crippen MR) is 86.2 cm³/mol. The SMILES string of the molecule is Cc1cc(C)cc(N(C)c2ccc(C)cc2C(=N)N)c1. The molecule has 2 aromatic rings. The second-order valence-electron chi connectivity index (χ2n) is 5.34. The zero-order chi connectivity index (χ0) is 14.9. The van der Waals surface area contributed by atoms with Gasteiger partial charge in [-0.2, -0.15) is 0 Å². The molecule has 0 atom stereocenters. The summed E-state index contributed by atoms with van der Waals surface area (Å²) in [6.45, 7) is 6.18. The fourth-order valence-electron chi connectivity index (χ4n) is 2.44. The highest BCUT2D eigenvalue weighted by atomic mass is 15.1. The smallest absolute Gasteiger partial charge is 0.124 e. The Morgan fingerprint density at radius 1 is 0.950 bits per heavy atom. The van der Waals surface area contributed by atoms with E-state index in [1.807, 2.05) is 32.2 Å². The lowest BCUT2D eigenvalue weighted by Gasteiger charge is -2.23. The maximum Gasteiger partial charge on any atom is 0.124 e. The molecule has 3 nitrogen and oxygen atoms in total. The molecule has 0 spiro atoms. The van der Waals surface area contributed by atoms with Crippen LogP contribution in [0.2, 0.25) is 0 Å². The number of nitrogens with zero attached hydrogens (tertiary/aromatic N) is 1. The van der Waals surface area contributed by atoms with Crippen molar-refractivity contribution in [2.45, 2.75) is 20.8 Å². The van der Waals surface area contributed by atoms with Crippen LogP contribution in [0.5, 0.6) is 0 Å². The lowest BCUT2D eigenvalue weighted by Crippen LogP contribution is -2.19. The summed E-state index contributed by atoms with van der Waals surface area (Å²) in [5.41, 5.74) is 12.1. The Labute approximate surface area is 120 Å². The van der Waals surface area contributed by atoms with Gasteiger partial charge in [0.15, 0.2) is 0 Å². The number of amidine groups is 1. The molecule has 0 aliphatic rings. The molecule has 2 aromatic carbocycles. The van der Waals surface area contributed by atoms with Gasteiger partial charge in [-0.05, 0) is 56.2 Å². The average molecular weight is 267 g/mol. The second-order valence-corrected chi connectivity index (χ2v) is 5.34. The lowest BCUT2D eigenvalue weighted by molar-refractivity contribution is 1.18. The first kappa shape index (κ1) is 14.1. The summed E-state index contributed by atoms with van der Waals surface area (Å²) in [7, 11) is 2.01. The van der Waals surface area contributed by atoms with Gasteiger partial charge in [0.1, 0.15) is 5.84 Å². The van der Waals surface area contributed by atoms with Crippen molar-refractivity contribution in [3.63, 3.8) is 0 Å². The highest BCUT2D eigenvalue weighted by molar-refractivity contribution is 6.01. The van der Waals surface area contributed by atoms with Crippen LogP contribution < -0.4 is 10.6 Å². The largest absolute Gasteiger partial charge is 0.384 e. The summed E-state index contributed by atoms with van der Waals surface area (Å²) < 4.78 is 0. The minimum Gasteiger partial charge on any atom is -0.384 e. The molecule has 0 heterocycles. The van der Waals surface area contributed by atoms with Crippen molar-refractivity contribution < 1.29 is 0 Å². The highest BCUT2D eigenvalue weighted by Gasteiger charge is 2.12. The first-order valence-corrected chi connectivity index (χ1v) is 6.65. The molecule has 0 saturated heterocycles. The molecule has 20 heavy (non-hydrogen) atoms. The Kier molecular flexibility index (Phi) is 3.79. The minimum absolute atomic E-state index is 0.0972. The van der Waals surface area contributed by atoms with Crippen LogP contribution in [0.3, 0.4) is 0 Å². The van der Waals surface area contributed by atoms with Gasteiger partial charge in [0.2, 0.25) is 0 Å². The molecule has 0 unspecified atom stereocenters. The lowest BCUT2D eigenvalue weighted by atomic mass is 10.1. The van der Waals surface area contributed by atoms with Crippen LogP contribution in [0, 0.1) is 26.2 Å². The Bertz CT molecular complexity index is 639. The first-order chi connectivity index (χ1) is 9.38. The van der Waals surface area contributed by atoms with Gasteiger partial charge in [-0.25, -0.2) is 0 Å². The van der Waals surface area contributed by atoms with Gasteiger partial charge in [-0.15, -0.1) is 0 Å². The molecule has 0 radical (unpaired) electrons. The molecule has 0 fully saturated rings. The van der Waals surface area contributed by atoms with Gasteiger partial charge in [0.05, 0.1) is 5.69 Å². The third kappa shape index (κ3) is 2.82. The Morgan fingerprint density at radius 2 is 1.55 bits per heavy atom. The highest BCUT2D eigenvalue weighted by Crippen LogP contribution is 2.29. The zero-order valence-electron chi connectivity index (χ0n) is 12.5. The van der Waals surface area contributed by atoms with Crippen LogP contribution in [0.15, 0.2) is 36.4 Å². The maximum atomic E-state index is 7.76. The zero-order valence-corrected chi connectivity index (χ0v) is 12.5. The molecule has 0 bridgehead atoms. The quantitative estimate of drug-likeness (QED) is 0.658. The molecule has 3 N–H and O–H groups in total. The van der Waals surface area contributed by atoms with Crippen molar-refractivity contribution in [2.24, 2.45) is 5.73 Å². The summed E-state index contributed by atoms with van der Waals surface area (Å²) in [5.74, 6) is 0.0972. The topological polar surface area (TPSA) is 53.1 Å². The minimum atomic E-state index is 0.0972. The van der Waals surface area contributed by atoms with E-state index in [1.54, 1.807) is 0 Å². The van der Waals surface area contributed by atoms with Crippen molar-refractivity contribution in [1.82, 2.24) is 0 Å². The van der Waals surface area contributed by atoms with Crippen LogP contribution in [0.4, 0.5) is 11.4 Å². The first-order valence-electron chi connectivity index (χ1n) is 6.65. The Hall–Kier alpha value is -2.29. The summed E-state index contributed by atoms with van der Waals surface area (Å²) in [6.07, 6.45) is 0. The predicted octanol–water partition coefficient (Wildman–Crippen LogP) is 3.66. The fourth-order valence-corrected chi connectivity index (χ4v) is 2.44. The van der Waals surface area contributed by atoms with Crippen molar-refractivity contribution in [1.29, 1.82) is 5.41 Å². The third-order valence-corrected chi connectivity index (χ3v) is 3.40. The molecule has 2 rings (SSSR count). The summed E-state index contributed by atoms with van der Waals surface area (Å²) in [4.78, 5) is 2.08. The van der Waals surface area contributed by atoms with E-state index in [0.29, 0.717) is 0 Å². The maximum absolute atomic E-state index is 7.76. The van der Waals surface area contributed by atoms with E-state index in [-0.39, 0.29) is 5.84 Å². The average Bonchev–Trinajstić information content (AvgIpc) is 2.36.